The average Bonchev–Trinajstić information content (AvgIpc) is 3.01. The Balaban J connectivity index is 0.000000543. The van der Waals surface area contributed by atoms with Crippen LogP contribution in [0.25, 0.3) is 34.2 Å². The van der Waals surface area contributed by atoms with Gasteiger partial charge in [0.15, 0.2) is 0 Å². The van der Waals surface area contributed by atoms with Crippen LogP contribution >= 0.6 is 0 Å². The minimum atomic E-state index is 0. The molecule has 6 rings (SSSR count). The summed E-state index contributed by atoms with van der Waals surface area (Å²) in [6, 6.07) is 34.8. The summed E-state index contributed by atoms with van der Waals surface area (Å²) in [5.41, 5.74) is 5.49. The smallest absolute Gasteiger partial charge is 1.00 e. The van der Waals surface area contributed by atoms with E-state index >= 15 is 0 Å². The normalized spacial score (nSPS) is 8.70. The molecule has 0 radical (unpaired) electrons. The Labute approximate surface area is 283 Å². The van der Waals surface area contributed by atoms with Crippen molar-refractivity contribution < 1.29 is 75.8 Å². The van der Waals surface area contributed by atoms with Gasteiger partial charge in [0.2, 0.25) is 0 Å². The molecule has 0 aliphatic heterocycles. The summed E-state index contributed by atoms with van der Waals surface area (Å²) in [6.45, 7) is 0. The largest absolute Gasteiger partial charge is 3.00 e. The fourth-order valence-corrected chi connectivity index (χ4v) is 3.09. The van der Waals surface area contributed by atoms with Crippen LogP contribution in [-0.4, -0.2) is 29.9 Å². The quantitative estimate of drug-likeness (QED) is 0.200. The summed E-state index contributed by atoms with van der Waals surface area (Å²) in [7, 11) is 0. The molecule has 0 amide bonds. The second-order valence-electron chi connectivity index (χ2n) is 7.29. The molecule has 0 saturated carbocycles. The topological polar surface area (TPSA) is 77.3 Å². The molecular weight excluding hydrogens is 710 g/mol. The van der Waals surface area contributed by atoms with Gasteiger partial charge in [0.05, 0.1) is 34.2 Å². The Morgan fingerprint density at radius 2 is 0.400 bits per heavy atom. The van der Waals surface area contributed by atoms with Crippen LogP contribution in [0.1, 0.15) is 0 Å². The summed E-state index contributed by atoms with van der Waals surface area (Å²) >= 11 is 0. The molecular formula is C30H24Cl3N6Tb. The van der Waals surface area contributed by atoms with E-state index < -0.39 is 0 Å². The van der Waals surface area contributed by atoms with Gasteiger partial charge in [-0.2, -0.15) is 0 Å². The van der Waals surface area contributed by atoms with E-state index in [1.165, 1.54) is 0 Å². The molecule has 0 aliphatic rings. The van der Waals surface area contributed by atoms with E-state index in [9.17, 15) is 0 Å². The van der Waals surface area contributed by atoms with Crippen LogP contribution in [0, 0.1) is 38.6 Å². The second-order valence-corrected chi connectivity index (χ2v) is 7.29. The Kier molecular flexibility index (Phi) is 20.2. The van der Waals surface area contributed by atoms with Crippen LogP contribution in [0.4, 0.5) is 0 Å². The molecule has 204 valence electrons. The predicted octanol–water partition coefficient (Wildman–Crippen LogP) is -2.56. The van der Waals surface area contributed by atoms with Crippen molar-refractivity contribution >= 4 is 0 Å². The Hall–Kier alpha value is -2.94. The minimum absolute atomic E-state index is 0. The number of nitrogens with zero attached hydrogens (tertiary/aromatic N) is 6. The van der Waals surface area contributed by atoms with Crippen LogP contribution in [0.5, 0.6) is 0 Å². The molecule has 6 aromatic heterocycles. The van der Waals surface area contributed by atoms with Gasteiger partial charge < -0.3 is 37.2 Å². The van der Waals surface area contributed by atoms with Crippen LogP contribution in [-0.2, 0) is 0 Å². The third-order valence-corrected chi connectivity index (χ3v) is 4.78. The van der Waals surface area contributed by atoms with Gasteiger partial charge in [-0.15, -0.1) is 0 Å². The third kappa shape index (κ3) is 12.5. The molecule has 0 unspecified atom stereocenters. The predicted molar refractivity (Wildman–Crippen MR) is 142 cm³/mol. The average molecular weight is 734 g/mol. The SMILES string of the molecule is [Cl-].[Cl-].[Cl-].[Tb+3].c1ccc(-c2ccccn2)nc1.c1ccc(-c2ccccn2)nc1.c1ccc(-c2ccccn2)nc1. The van der Waals surface area contributed by atoms with Gasteiger partial charge in [-0.25, -0.2) is 0 Å². The van der Waals surface area contributed by atoms with E-state index in [1.807, 2.05) is 109 Å². The molecule has 0 atom stereocenters. The van der Waals surface area contributed by atoms with Crippen molar-refractivity contribution in [3.05, 3.63) is 146 Å². The van der Waals surface area contributed by atoms with Gasteiger partial charge >= 0.3 is 38.6 Å². The maximum absolute atomic E-state index is 4.19. The molecule has 0 aromatic carbocycles. The van der Waals surface area contributed by atoms with Crippen molar-refractivity contribution in [3.8, 4) is 34.2 Å². The minimum Gasteiger partial charge on any atom is -1.00 e. The van der Waals surface area contributed by atoms with Crippen molar-refractivity contribution in [2.45, 2.75) is 0 Å². The Bertz CT molecular complexity index is 1120. The number of hydrogen-bond donors (Lipinski definition) is 0. The first-order valence-electron chi connectivity index (χ1n) is 11.4. The first kappa shape index (κ1) is 37.1. The molecule has 0 bridgehead atoms. The molecule has 40 heavy (non-hydrogen) atoms. The van der Waals surface area contributed by atoms with Crippen molar-refractivity contribution in [1.82, 2.24) is 29.9 Å². The van der Waals surface area contributed by atoms with E-state index in [1.54, 1.807) is 37.2 Å². The molecule has 10 heteroatoms. The molecule has 0 saturated heterocycles. The summed E-state index contributed by atoms with van der Waals surface area (Å²) in [5, 5.41) is 0. The number of aromatic nitrogens is 6. The van der Waals surface area contributed by atoms with E-state index in [4.69, 9.17) is 0 Å². The Morgan fingerprint density at radius 3 is 0.500 bits per heavy atom. The van der Waals surface area contributed by atoms with Gasteiger partial charge in [-0.05, 0) is 72.8 Å². The Morgan fingerprint density at radius 1 is 0.250 bits per heavy atom. The van der Waals surface area contributed by atoms with Crippen LogP contribution < -0.4 is 37.2 Å². The fraction of sp³-hybridized carbons (Fsp3) is 0. The molecule has 0 fully saturated rings. The van der Waals surface area contributed by atoms with Gasteiger partial charge in [0.1, 0.15) is 0 Å². The van der Waals surface area contributed by atoms with E-state index in [2.05, 4.69) is 29.9 Å². The van der Waals surface area contributed by atoms with E-state index in [0.717, 1.165) is 34.2 Å². The monoisotopic (exact) mass is 732 g/mol. The zero-order valence-electron chi connectivity index (χ0n) is 21.0. The number of hydrogen-bond acceptors (Lipinski definition) is 6. The van der Waals surface area contributed by atoms with E-state index in [-0.39, 0.29) is 75.8 Å². The van der Waals surface area contributed by atoms with Crippen molar-refractivity contribution in [1.29, 1.82) is 0 Å². The standard InChI is InChI=1S/3C10H8N2.3ClH.Tb/c3*1-3-7-11-9(5-1)10-6-2-4-8-12-10;;;;/h3*1-8H;3*1H;/q;;;;;;+3/p-3. The maximum Gasteiger partial charge on any atom is 3.00 e. The third-order valence-electron chi connectivity index (χ3n) is 4.78. The molecule has 0 spiro atoms. The summed E-state index contributed by atoms with van der Waals surface area (Å²) in [6.07, 6.45) is 10.6. The summed E-state index contributed by atoms with van der Waals surface area (Å²) in [5.74, 6) is 0. The summed E-state index contributed by atoms with van der Waals surface area (Å²) in [4.78, 5) is 25.1. The van der Waals surface area contributed by atoms with E-state index in [0.29, 0.717) is 0 Å². The molecule has 6 nitrogen and oxygen atoms in total. The van der Waals surface area contributed by atoms with Crippen LogP contribution in [0.2, 0.25) is 0 Å². The zero-order valence-corrected chi connectivity index (χ0v) is 25.4. The number of halogens is 3. The van der Waals surface area contributed by atoms with Crippen molar-refractivity contribution in [2.24, 2.45) is 0 Å². The first-order valence-corrected chi connectivity index (χ1v) is 11.4. The molecule has 0 aliphatic carbocycles. The first-order chi connectivity index (χ1) is 17.9. The van der Waals surface area contributed by atoms with Crippen LogP contribution in [0.15, 0.2) is 146 Å². The van der Waals surface area contributed by atoms with Crippen molar-refractivity contribution in [2.75, 3.05) is 0 Å². The molecule has 6 heterocycles. The molecule has 6 aromatic rings. The summed E-state index contributed by atoms with van der Waals surface area (Å²) < 4.78 is 0. The second kappa shape index (κ2) is 21.8. The van der Waals surface area contributed by atoms with Crippen LogP contribution in [0.3, 0.4) is 0 Å². The molecule has 0 N–H and O–H groups in total. The van der Waals surface area contributed by atoms with Gasteiger partial charge in [-0.1, -0.05) is 36.4 Å². The maximum atomic E-state index is 4.19. The fourth-order valence-electron chi connectivity index (χ4n) is 3.09. The zero-order chi connectivity index (χ0) is 24.7. The van der Waals surface area contributed by atoms with Crippen molar-refractivity contribution in [3.63, 3.8) is 0 Å². The number of pyridine rings is 6. The van der Waals surface area contributed by atoms with Gasteiger partial charge in [-0.3, -0.25) is 29.9 Å². The van der Waals surface area contributed by atoms with Gasteiger partial charge in [0.25, 0.3) is 0 Å². The van der Waals surface area contributed by atoms with Gasteiger partial charge in [0, 0.05) is 37.2 Å². The number of rotatable bonds is 3.